The number of phenols is 1. The molecule has 0 saturated carbocycles. The highest BCUT2D eigenvalue weighted by atomic mass is 35.5. The fraction of sp³-hybridized carbons (Fsp3) is 0.467. The van der Waals surface area contributed by atoms with Crippen molar-refractivity contribution in [1.82, 2.24) is 10.2 Å². The van der Waals surface area contributed by atoms with E-state index in [9.17, 15) is 14.7 Å². The third-order valence-corrected chi connectivity index (χ3v) is 3.69. The highest BCUT2D eigenvalue weighted by Crippen LogP contribution is 2.17. The summed E-state index contributed by atoms with van der Waals surface area (Å²) in [5, 5.41) is 12.5. The Morgan fingerprint density at radius 3 is 2.64 bits per heavy atom. The lowest BCUT2D eigenvalue weighted by Crippen LogP contribution is -2.46. The molecule has 1 aliphatic heterocycles. The van der Waals surface area contributed by atoms with Crippen LogP contribution in [0.2, 0.25) is 0 Å². The van der Waals surface area contributed by atoms with E-state index in [0.29, 0.717) is 25.9 Å². The lowest BCUT2D eigenvalue weighted by atomic mass is 10.0. The minimum atomic E-state index is -0.369. The molecule has 0 aromatic heterocycles. The fourth-order valence-electron chi connectivity index (χ4n) is 2.35. The third kappa shape index (κ3) is 4.27. The quantitative estimate of drug-likeness (QED) is 0.829. The van der Waals surface area contributed by atoms with Gasteiger partial charge in [-0.25, -0.2) is 4.79 Å². The van der Waals surface area contributed by atoms with Gasteiger partial charge in [-0.1, -0.05) is 12.1 Å². The maximum Gasteiger partial charge on any atom is 0.409 e. The van der Waals surface area contributed by atoms with Crippen LogP contribution in [0.5, 0.6) is 5.75 Å². The number of phenolic OH excluding ortho intramolecular Hbond substituents is 1. The Morgan fingerprint density at radius 2 is 2.00 bits per heavy atom. The van der Waals surface area contributed by atoms with E-state index in [0.717, 1.165) is 0 Å². The second kappa shape index (κ2) is 7.89. The summed E-state index contributed by atoms with van der Waals surface area (Å²) < 4.78 is 4.97. The van der Waals surface area contributed by atoms with E-state index in [-0.39, 0.29) is 41.8 Å². The first kappa shape index (κ1) is 16.4. The second-order valence-corrected chi connectivity index (χ2v) is 5.43. The number of hydrogen-bond donors (Lipinski definition) is 2. The largest absolute Gasteiger partial charge is 0.507 e. The van der Waals surface area contributed by atoms with E-state index in [4.69, 9.17) is 16.3 Å². The monoisotopic (exact) mass is 326 g/mol. The van der Waals surface area contributed by atoms with Crippen molar-refractivity contribution in [1.29, 1.82) is 0 Å². The van der Waals surface area contributed by atoms with Crippen LogP contribution in [-0.2, 0) is 4.74 Å². The number of alkyl halides is 1. The normalized spacial score (nSPS) is 15.4. The van der Waals surface area contributed by atoms with E-state index in [1.54, 1.807) is 23.1 Å². The average molecular weight is 327 g/mol. The van der Waals surface area contributed by atoms with Crippen molar-refractivity contribution >= 4 is 23.6 Å². The summed E-state index contributed by atoms with van der Waals surface area (Å²) in [5.41, 5.74) is 0.256. The maximum atomic E-state index is 12.1. The van der Waals surface area contributed by atoms with E-state index < -0.39 is 0 Å². The molecule has 0 unspecified atom stereocenters. The highest BCUT2D eigenvalue weighted by Gasteiger charge is 2.25. The van der Waals surface area contributed by atoms with Crippen molar-refractivity contribution in [3.8, 4) is 5.75 Å². The summed E-state index contributed by atoms with van der Waals surface area (Å²) in [5.74, 6) is -0.0675. The van der Waals surface area contributed by atoms with Crippen molar-refractivity contribution in [3.63, 3.8) is 0 Å². The zero-order valence-corrected chi connectivity index (χ0v) is 12.9. The Bertz CT molecular complexity index is 530. The van der Waals surface area contributed by atoms with Gasteiger partial charge in [-0.3, -0.25) is 4.79 Å². The summed E-state index contributed by atoms with van der Waals surface area (Å²) >= 11 is 5.47. The molecule has 1 aromatic carbocycles. The molecule has 1 saturated heterocycles. The Labute approximate surface area is 134 Å². The van der Waals surface area contributed by atoms with Crippen LogP contribution < -0.4 is 5.32 Å². The predicted molar refractivity (Wildman–Crippen MR) is 82.2 cm³/mol. The van der Waals surface area contributed by atoms with Gasteiger partial charge in [0.1, 0.15) is 12.4 Å². The van der Waals surface area contributed by atoms with Gasteiger partial charge in [-0.05, 0) is 25.0 Å². The van der Waals surface area contributed by atoms with Crippen LogP contribution in [0, 0.1) is 0 Å². The molecule has 120 valence electrons. The zero-order valence-electron chi connectivity index (χ0n) is 12.1. The van der Waals surface area contributed by atoms with Crippen LogP contribution in [0.4, 0.5) is 4.79 Å². The Morgan fingerprint density at radius 1 is 1.32 bits per heavy atom. The molecule has 1 fully saturated rings. The smallest absolute Gasteiger partial charge is 0.409 e. The van der Waals surface area contributed by atoms with Crippen LogP contribution in [0.3, 0.4) is 0 Å². The number of halogens is 1. The Balaban J connectivity index is 1.81. The zero-order chi connectivity index (χ0) is 15.9. The molecule has 1 aromatic rings. The Kier molecular flexibility index (Phi) is 5.89. The first-order valence-corrected chi connectivity index (χ1v) is 7.72. The molecule has 1 aliphatic rings. The molecular formula is C15H19ClN2O4. The standard InChI is InChI=1S/C15H19ClN2O4/c16-7-10-22-15(21)18-8-5-11(6-9-18)17-14(20)12-3-1-2-4-13(12)19/h1-4,11,19H,5-10H2,(H,17,20). The van der Waals surface area contributed by atoms with Crippen molar-refractivity contribution in [2.24, 2.45) is 0 Å². The second-order valence-electron chi connectivity index (χ2n) is 5.06. The SMILES string of the molecule is O=C(NC1CCN(C(=O)OCCCl)CC1)c1ccccc1O. The molecule has 6 nitrogen and oxygen atoms in total. The first-order chi connectivity index (χ1) is 10.6. The number of para-hydroxylation sites is 1. The van der Waals surface area contributed by atoms with Crippen LogP contribution in [0.25, 0.3) is 0 Å². The van der Waals surface area contributed by atoms with Gasteiger partial charge in [0.2, 0.25) is 0 Å². The van der Waals surface area contributed by atoms with Gasteiger partial charge in [-0.15, -0.1) is 11.6 Å². The lowest BCUT2D eigenvalue weighted by molar-refractivity contribution is 0.0860. The van der Waals surface area contributed by atoms with Crippen LogP contribution in [-0.4, -0.2) is 53.6 Å². The van der Waals surface area contributed by atoms with Crippen molar-refractivity contribution in [2.75, 3.05) is 25.6 Å². The number of aromatic hydroxyl groups is 1. The molecule has 2 amide bonds. The predicted octanol–water partition coefficient (Wildman–Crippen LogP) is 1.96. The van der Waals surface area contributed by atoms with E-state index in [2.05, 4.69) is 5.32 Å². The number of nitrogens with zero attached hydrogens (tertiary/aromatic N) is 1. The van der Waals surface area contributed by atoms with Gasteiger partial charge < -0.3 is 20.1 Å². The Hall–Kier alpha value is -1.95. The lowest BCUT2D eigenvalue weighted by Gasteiger charge is -2.31. The molecule has 0 bridgehead atoms. The first-order valence-electron chi connectivity index (χ1n) is 7.18. The maximum absolute atomic E-state index is 12.1. The van der Waals surface area contributed by atoms with Gasteiger partial charge in [-0.2, -0.15) is 0 Å². The molecule has 2 N–H and O–H groups in total. The number of benzene rings is 1. The van der Waals surface area contributed by atoms with E-state index >= 15 is 0 Å². The van der Waals surface area contributed by atoms with Gasteiger partial charge >= 0.3 is 6.09 Å². The van der Waals surface area contributed by atoms with Crippen molar-refractivity contribution < 1.29 is 19.4 Å². The summed E-state index contributed by atoms with van der Waals surface area (Å²) in [6.07, 6.45) is 0.927. The minimum absolute atomic E-state index is 0.0239. The number of likely N-dealkylation sites (tertiary alicyclic amines) is 1. The molecule has 1 heterocycles. The van der Waals surface area contributed by atoms with Crippen LogP contribution in [0.15, 0.2) is 24.3 Å². The molecule has 0 spiro atoms. The van der Waals surface area contributed by atoms with E-state index in [1.165, 1.54) is 6.07 Å². The summed E-state index contributed by atoms with van der Waals surface area (Å²) in [6, 6.07) is 6.39. The fourth-order valence-corrected chi connectivity index (χ4v) is 2.43. The van der Waals surface area contributed by atoms with Gasteiger partial charge in [0.25, 0.3) is 5.91 Å². The molecule has 0 atom stereocenters. The molecule has 2 rings (SSSR count). The number of amides is 2. The third-order valence-electron chi connectivity index (χ3n) is 3.54. The van der Waals surface area contributed by atoms with Gasteiger partial charge in [0, 0.05) is 19.1 Å². The van der Waals surface area contributed by atoms with Crippen molar-refractivity contribution in [3.05, 3.63) is 29.8 Å². The number of carbonyl (C=O) groups is 2. The summed E-state index contributed by atoms with van der Waals surface area (Å²) in [6.45, 7) is 1.24. The van der Waals surface area contributed by atoms with Gasteiger partial charge in [0.05, 0.1) is 11.4 Å². The van der Waals surface area contributed by atoms with Gasteiger partial charge in [0.15, 0.2) is 0 Å². The summed E-state index contributed by atoms with van der Waals surface area (Å²) in [7, 11) is 0. The minimum Gasteiger partial charge on any atom is -0.507 e. The number of rotatable bonds is 4. The molecular weight excluding hydrogens is 308 g/mol. The highest BCUT2D eigenvalue weighted by molar-refractivity contribution is 6.18. The van der Waals surface area contributed by atoms with E-state index in [1.807, 2.05) is 0 Å². The molecule has 0 radical (unpaired) electrons. The summed E-state index contributed by atoms with van der Waals surface area (Å²) in [4.78, 5) is 25.4. The molecule has 22 heavy (non-hydrogen) atoms. The number of hydrogen-bond acceptors (Lipinski definition) is 4. The number of piperidine rings is 1. The topological polar surface area (TPSA) is 78.9 Å². The van der Waals surface area contributed by atoms with Crippen molar-refractivity contribution in [2.45, 2.75) is 18.9 Å². The molecule has 7 heteroatoms. The number of nitrogens with one attached hydrogen (secondary N) is 1. The molecule has 0 aliphatic carbocycles. The number of carbonyl (C=O) groups excluding carboxylic acids is 2. The van der Waals surface area contributed by atoms with Crippen LogP contribution in [0.1, 0.15) is 23.2 Å². The van der Waals surface area contributed by atoms with Crippen LogP contribution >= 0.6 is 11.6 Å². The average Bonchev–Trinajstić information content (AvgIpc) is 2.53. The number of ether oxygens (including phenoxy) is 1.